The van der Waals surface area contributed by atoms with Crippen molar-refractivity contribution in [3.63, 3.8) is 0 Å². The van der Waals surface area contributed by atoms with Crippen molar-refractivity contribution in [3.8, 4) is 0 Å². The monoisotopic (exact) mass is 235 g/mol. The van der Waals surface area contributed by atoms with Crippen LogP contribution in [0.3, 0.4) is 0 Å². The molecule has 0 spiro atoms. The molecule has 3 N–H and O–H groups in total. The van der Waals surface area contributed by atoms with E-state index < -0.39 is 0 Å². The Bertz CT molecular complexity index is 408. The lowest BCUT2D eigenvalue weighted by molar-refractivity contribution is -0.125. The van der Waals surface area contributed by atoms with Crippen LogP contribution < -0.4 is 11.1 Å². The summed E-state index contributed by atoms with van der Waals surface area (Å²) in [5, 5.41) is 2.85. The predicted octanol–water partition coefficient (Wildman–Crippen LogP) is 1.27. The van der Waals surface area contributed by atoms with Crippen LogP contribution in [0.2, 0.25) is 0 Å². The van der Waals surface area contributed by atoms with Gasteiger partial charge in [0.05, 0.1) is 17.6 Å². The molecule has 2 unspecified atom stereocenters. The van der Waals surface area contributed by atoms with Gasteiger partial charge in [-0.1, -0.05) is 6.92 Å². The second kappa shape index (κ2) is 5.14. The van der Waals surface area contributed by atoms with E-state index in [1.165, 1.54) is 6.20 Å². The van der Waals surface area contributed by atoms with Gasteiger partial charge in [0, 0.05) is 25.3 Å². The molecular weight excluding hydrogens is 218 g/mol. The number of nitrogen functional groups attached to an aromatic ring is 1. The second-order valence-electron chi connectivity index (χ2n) is 4.40. The largest absolute Gasteiger partial charge is 0.396 e. The van der Waals surface area contributed by atoms with E-state index in [0.29, 0.717) is 24.6 Å². The molecule has 0 bridgehead atoms. The van der Waals surface area contributed by atoms with Crippen molar-refractivity contribution < 1.29 is 9.53 Å². The molecule has 2 atom stereocenters. The molecule has 1 aliphatic rings. The standard InChI is InChI=1S/C12H17N3O2/c1-8-7-17-5-3-9(8)12(16)15-11-2-4-14-6-10(11)13/h2,4,6,8-9H,3,5,7,13H2,1H3,(H,14,15,16). The SMILES string of the molecule is CC1COCCC1C(=O)Nc1ccncc1N. The number of ether oxygens (including phenoxy) is 1. The molecule has 0 aliphatic carbocycles. The highest BCUT2D eigenvalue weighted by atomic mass is 16.5. The Balaban J connectivity index is 2.03. The van der Waals surface area contributed by atoms with E-state index in [4.69, 9.17) is 10.5 Å². The van der Waals surface area contributed by atoms with Crippen molar-refractivity contribution in [2.45, 2.75) is 13.3 Å². The Hall–Kier alpha value is -1.62. The number of aromatic nitrogens is 1. The van der Waals surface area contributed by atoms with Crippen LogP contribution >= 0.6 is 0 Å². The Morgan fingerprint density at radius 1 is 1.65 bits per heavy atom. The number of carbonyl (C=O) groups excluding carboxylic acids is 1. The lowest BCUT2D eigenvalue weighted by atomic mass is 9.89. The maximum absolute atomic E-state index is 12.1. The number of amides is 1. The molecule has 1 saturated heterocycles. The molecule has 1 amide bonds. The molecule has 17 heavy (non-hydrogen) atoms. The van der Waals surface area contributed by atoms with Gasteiger partial charge in [0.1, 0.15) is 0 Å². The third-order valence-electron chi connectivity index (χ3n) is 3.09. The maximum atomic E-state index is 12.1. The third-order valence-corrected chi connectivity index (χ3v) is 3.09. The number of nitrogens with zero attached hydrogens (tertiary/aromatic N) is 1. The maximum Gasteiger partial charge on any atom is 0.227 e. The Morgan fingerprint density at radius 2 is 2.47 bits per heavy atom. The summed E-state index contributed by atoms with van der Waals surface area (Å²) in [6.45, 7) is 3.32. The van der Waals surface area contributed by atoms with Gasteiger partial charge in [-0.25, -0.2) is 0 Å². The molecule has 5 nitrogen and oxygen atoms in total. The van der Waals surface area contributed by atoms with Gasteiger partial charge in [-0.2, -0.15) is 0 Å². The van der Waals surface area contributed by atoms with Gasteiger partial charge in [-0.3, -0.25) is 9.78 Å². The highest BCUT2D eigenvalue weighted by molar-refractivity contribution is 5.95. The smallest absolute Gasteiger partial charge is 0.227 e. The van der Waals surface area contributed by atoms with Crippen molar-refractivity contribution in [2.24, 2.45) is 11.8 Å². The van der Waals surface area contributed by atoms with E-state index in [0.717, 1.165) is 6.42 Å². The summed E-state index contributed by atoms with van der Waals surface area (Å²) in [7, 11) is 0. The molecule has 1 aromatic rings. The first kappa shape index (κ1) is 11.9. The zero-order valence-corrected chi connectivity index (χ0v) is 9.85. The van der Waals surface area contributed by atoms with Gasteiger partial charge >= 0.3 is 0 Å². The van der Waals surface area contributed by atoms with Crippen LogP contribution in [0.5, 0.6) is 0 Å². The van der Waals surface area contributed by atoms with E-state index in [-0.39, 0.29) is 17.7 Å². The van der Waals surface area contributed by atoms with E-state index in [1.54, 1.807) is 12.3 Å². The fourth-order valence-electron chi connectivity index (χ4n) is 2.02. The number of nitrogens with one attached hydrogen (secondary N) is 1. The lowest BCUT2D eigenvalue weighted by Crippen LogP contribution is -2.35. The molecule has 5 heteroatoms. The van der Waals surface area contributed by atoms with Gasteiger partial charge in [0.15, 0.2) is 0 Å². The first-order valence-corrected chi connectivity index (χ1v) is 5.76. The van der Waals surface area contributed by atoms with Crippen LogP contribution in [-0.2, 0) is 9.53 Å². The van der Waals surface area contributed by atoms with Crippen molar-refractivity contribution in [3.05, 3.63) is 18.5 Å². The van der Waals surface area contributed by atoms with Crippen LogP contribution in [0.4, 0.5) is 11.4 Å². The summed E-state index contributed by atoms with van der Waals surface area (Å²) < 4.78 is 5.32. The minimum atomic E-state index is -0.00341. The number of carbonyl (C=O) groups is 1. The highest BCUT2D eigenvalue weighted by Crippen LogP contribution is 2.24. The number of nitrogens with two attached hydrogens (primary N) is 1. The van der Waals surface area contributed by atoms with Crippen molar-refractivity contribution in [1.82, 2.24) is 4.98 Å². The van der Waals surface area contributed by atoms with Gasteiger partial charge in [0.2, 0.25) is 5.91 Å². The summed E-state index contributed by atoms with van der Waals surface area (Å²) in [4.78, 5) is 16.0. The molecule has 0 saturated carbocycles. The third kappa shape index (κ3) is 2.74. The molecular formula is C12H17N3O2. The highest BCUT2D eigenvalue weighted by Gasteiger charge is 2.28. The van der Waals surface area contributed by atoms with E-state index in [1.807, 2.05) is 6.92 Å². The summed E-state index contributed by atoms with van der Waals surface area (Å²) in [6, 6.07) is 1.71. The Labute approximate surface area is 100 Å². The molecule has 0 radical (unpaired) electrons. The molecule has 1 aliphatic heterocycles. The van der Waals surface area contributed by atoms with Gasteiger partial charge in [-0.15, -0.1) is 0 Å². The predicted molar refractivity (Wildman–Crippen MR) is 65.4 cm³/mol. The number of hydrogen-bond donors (Lipinski definition) is 2. The van der Waals surface area contributed by atoms with E-state index in [2.05, 4.69) is 10.3 Å². The zero-order valence-electron chi connectivity index (χ0n) is 9.85. The Morgan fingerprint density at radius 3 is 3.18 bits per heavy atom. The molecule has 0 aromatic carbocycles. The zero-order chi connectivity index (χ0) is 12.3. The van der Waals surface area contributed by atoms with Gasteiger partial charge in [-0.05, 0) is 18.4 Å². The lowest BCUT2D eigenvalue weighted by Gasteiger charge is -2.27. The number of anilines is 2. The van der Waals surface area contributed by atoms with Gasteiger partial charge < -0.3 is 15.8 Å². The molecule has 1 fully saturated rings. The van der Waals surface area contributed by atoms with Crippen LogP contribution in [0, 0.1) is 11.8 Å². The molecule has 1 aromatic heterocycles. The van der Waals surface area contributed by atoms with Crippen LogP contribution in [0.15, 0.2) is 18.5 Å². The van der Waals surface area contributed by atoms with Crippen LogP contribution in [0.25, 0.3) is 0 Å². The summed E-state index contributed by atoms with van der Waals surface area (Å²) in [5.74, 6) is 0.252. The molecule has 2 rings (SSSR count). The first-order chi connectivity index (χ1) is 8.18. The fourth-order valence-corrected chi connectivity index (χ4v) is 2.02. The van der Waals surface area contributed by atoms with Crippen LogP contribution in [-0.4, -0.2) is 24.1 Å². The van der Waals surface area contributed by atoms with Crippen LogP contribution in [0.1, 0.15) is 13.3 Å². The summed E-state index contributed by atoms with van der Waals surface area (Å²) in [6.07, 6.45) is 3.90. The average Bonchev–Trinajstić information content (AvgIpc) is 2.32. The van der Waals surface area contributed by atoms with E-state index >= 15 is 0 Å². The normalized spacial score (nSPS) is 24.3. The molecule has 92 valence electrons. The quantitative estimate of drug-likeness (QED) is 0.809. The summed E-state index contributed by atoms with van der Waals surface area (Å²) in [5.41, 5.74) is 6.85. The van der Waals surface area contributed by atoms with E-state index in [9.17, 15) is 4.79 Å². The average molecular weight is 235 g/mol. The van der Waals surface area contributed by atoms with Crippen molar-refractivity contribution in [1.29, 1.82) is 0 Å². The number of hydrogen-bond acceptors (Lipinski definition) is 4. The minimum Gasteiger partial charge on any atom is -0.396 e. The topological polar surface area (TPSA) is 77.2 Å². The molecule has 2 heterocycles. The number of pyridine rings is 1. The minimum absolute atomic E-state index is 0.00341. The Kier molecular flexibility index (Phi) is 3.58. The number of rotatable bonds is 2. The van der Waals surface area contributed by atoms with Crippen molar-refractivity contribution in [2.75, 3.05) is 24.3 Å². The second-order valence-corrected chi connectivity index (χ2v) is 4.40. The first-order valence-electron chi connectivity index (χ1n) is 5.76. The van der Waals surface area contributed by atoms with Gasteiger partial charge in [0.25, 0.3) is 0 Å². The fraction of sp³-hybridized carbons (Fsp3) is 0.500. The summed E-state index contributed by atoms with van der Waals surface area (Å²) >= 11 is 0. The van der Waals surface area contributed by atoms with Crippen molar-refractivity contribution >= 4 is 17.3 Å².